The fourth-order valence-electron chi connectivity index (χ4n) is 3.13. The minimum Gasteiger partial charge on any atom is -0.453 e. The number of carbonyl (C=O) groups excluding carboxylic acids is 2. The maximum atomic E-state index is 12.4. The number of carbonyl (C=O) groups is 2. The summed E-state index contributed by atoms with van der Waals surface area (Å²) < 4.78 is 10.5. The molecule has 1 aliphatic heterocycles. The monoisotopic (exact) mass is 419 g/mol. The summed E-state index contributed by atoms with van der Waals surface area (Å²) in [6.07, 6.45) is 3.18. The molecule has 1 unspecified atom stereocenters. The number of hydrogen-bond acceptors (Lipinski definition) is 8. The quantitative estimate of drug-likeness (QED) is 0.541. The number of pyridine rings is 1. The van der Waals surface area contributed by atoms with Gasteiger partial charge in [-0.15, -0.1) is 0 Å². The lowest BCUT2D eigenvalue weighted by Gasteiger charge is -2.12. The smallest absolute Gasteiger partial charge is 0.307 e. The normalized spacial score (nSPS) is 14.2. The van der Waals surface area contributed by atoms with Gasteiger partial charge in [-0.05, 0) is 24.6 Å². The second kappa shape index (κ2) is 9.29. The zero-order valence-corrected chi connectivity index (χ0v) is 17.0. The lowest BCUT2D eigenvalue weighted by Crippen LogP contribution is -2.24. The third kappa shape index (κ3) is 5.00. The molecule has 1 aromatic carbocycles. The second-order valence-electron chi connectivity index (χ2n) is 7.01. The van der Waals surface area contributed by atoms with E-state index in [4.69, 9.17) is 9.26 Å². The molecular weight excluding hydrogens is 398 g/mol. The summed E-state index contributed by atoms with van der Waals surface area (Å²) in [5, 5.41) is 9.68. The van der Waals surface area contributed by atoms with Crippen LogP contribution in [0.3, 0.4) is 0 Å². The molecule has 0 bridgehead atoms. The molecule has 3 heterocycles. The van der Waals surface area contributed by atoms with Crippen LogP contribution in [0.15, 0.2) is 64.5 Å². The van der Waals surface area contributed by atoms with Crippen LogP contribution < -0.4 is 0 Å². The van der Waals surface area contributed by atoms with E-state index in [1.54, 1.807) is 31.5 Å². The van der Waals surface area contributed by atoms with Crippen LogP contribution in [-0.4, -0.2) is 44.3 Å². The van der Waals surface area contributed by atoms with Gasteiger partial charge < -0.3 is 9.26 Å². The van der Waals surface area contributed by atoms with E-state index in [9.17, 15) is 9.59 Å². The highest BCUT2D eigenvalue weighted by molar-refractivity contribution is 6.02. The Kier molecular flexibility index (Phi) is 6.11. The van der Waals surface area contributed by atoms with E-state index in [1.807, 2.05) is 30.3 Å². The minimum absolute atomic E-state index is 0.0158. The van der Waals surface area contributed by atoms with E-state index < -0.39 is 12.1 Å². The van der Waals surface area contributed by atoms with Gasteiger partial charge in [-0.2, -0.15) is 10.1 Å². The summed E-state index contributed by atoms with van der Waals surface area (Å²) in [5.74, 6) is -0.196. The number of esters is 1. The molecule has 9 heteroatoms. The van der Waals surface area contributed by atoms with Crippen LogP contribution in [0.4, 0.5) is 0 Å². The molecular formula is C22H21N5O4. The first-order valence-corrected chi connectivity index (χ1v) is 9.97. The SMILES string of the molecule is CC(OC(=O)CCC(=O)N1CCC(c2ccccc2)=N1)c1nc(-c2cccnc2)no1. The van der Waals surface area contributed by atoms with Crippen molar-refractivity contribution in [2.45, 2.75) is 32.3 Å². The van der Waals surface area contributed by atoms with Gasteiger partial charge >= 0.3 is 5.97 Å². The number of rotatable bonds is 7. The van der Waals surface area contributed by atoms with E-state index >= 15 is 0 Å². The predicted octanol–water partition coefficient (Wildman–Crippen LogP) is 3.15. The molecule has 0 aliphatic carbocycles. The molecule has 9 nitrogen and oxygen atoms in total. The zero-order valence-electron chi connectivity index (χ0n) is 17.0. The van der Waals surface area contributed by atoms with Gasteiger partial charge in [-0.3, -0.25) is 14.6 Å². The van der Waals surface area contributed by atoms with Gasteiger partial charge in [0.15, 0.2) is 6.10 Å². The second-order valence-corrected chi connectivity index (χ2v) is 7.01. The number of ether oxygens (including phenoxy) is 1. The third-order valence-corrected chi connectivity index (χ3v) is 4.76. The average molecular weight is 419 g/mol. The van der Waals surface area contributed by atoms with Gasteiger partial charge in [-0.1, -0.05) is 35.5 Å². The Bertz CT molecular complexity index is 1080. The van der Waals surface area contributed by atoms with Crippen LogP contribution in [0.2, 0.25) is 0 Å². The lowest BCUT2D eigenvalue weighted by molar-refractivity contribution is -0.151. The molecule has 2 aromatic heterocycles. The Labute approximate surface area is 178 Å². The van der Waals surface area contributed by atoms with Gasteiger partial charge in [0.2, 0.25) is 11.7 Å². The van der Waals surface area contributed by atoms with E-state index in [1.165, 1.54) is 5.01 Å². The predicted molar refractivity (Wildman–Crippen MR) is 111 cm³/mol. The van der Waals surface area contributed by atoms with Crippen molar-refractivity contribution in [1.29, 1.82) is 0 Å². The van der Waals surface area contributed by atoms with Crippen LogP contribution >= 0.6 is 0 Å². The third-order valence-electron chi connectivity index (χ3n) is 4.76. The molecule has 0 saturated heterocycles. The van der Waals surface area contributed by atoms with Crippen molar-refractivity contribution in [3.05, 3.63) is 66.3 Å². The standard InChI is InChI=1S/C22H21N5O4/c1-15(22-24-21(26-31-22)17-8-5-12-23-14-17)30-20(29)10-9-19(28)27-13-11-18(25-27)16-6-3-2-4-7-16/h2-8,12,14-15H,9-11,13H2,1H3. The molecule has 158 valence electrons. The largest absolute Gasteiger partial charge is 0.453 e. The fourth-order valence-corrected chi connectivity index (χ4v) is 3.13. The van der Waals surface area contributed by atoms with Gasteiger partial charge in [0.1, 0.15) is 0 Å². The highest BCUT2D eigenvalue weighted by Crippen LogP contribution is 2.21. The number of hydrazone groups is 1. The topological polar surface area (TPSA) is 111 Å². The molecule has 1 atom stereocenters. The summed E-state index contributed by atoms with van der Waals surface area (Å²) >= 11 is 0. The molecule has 1 aliphatic rings. The maximum Gasteiger partial charge on any atom is 0.307 e. The van der Waals surface area contributed by atoms with Crippen molar-refractivity contribution in [3.63, 3.8) is 0 Å². The first-order valence-electron chi connectivity index (χ1n) is 9.97. The van der Waals surface area contributed by atoms with Crippen molar-refractivity contribution >= 4 is 17.6 Å². The summed E-state index contributed by atoms with van der Waals surface area (Å²) in [7, 11) is 0. The molecule has 1 amide bonds. The van der Waals surface area contributed by atoms with Gasteiger partial charge in [0.25, 0.3) is 5.89 Å². The Morgan fingerprint density at radius 1 is 1.13 bits per heavy atom. The van der Waals surface area contributed by atoms with Gasteiger partial charge in [-0.25, -0.2) is 5.01 Å². The van der Waals surface area contributed by atoms with Crippen molar-refractivity contribution in [1.82, 2.24) is 20.1 Å². The summed E-state index contributed by atoms with van der Waals surface area (Å²) in [6, 6.07) is 13.3. The molecule has 31 heavy (non-hydrogen) atoms. The summed E-state index contributed by atoms with van der Waals surface area (Å²) in [6.45, 7) is 2.14. The molecule has 0 fully saturated rings. The van der Waals surface area contributed by atoms with E-state index in [0.29, 0.717) is 24.4 Å². The number of benzene rings is 1. The van der Waals surface area contributed by atoms with Crippen molar-refractivity contribution in [2.75, 3.05) is 6.54 Å². The molecule has 4 rings (SSSR count). The van der Waals surface area contributed by atoms with Gasteiger partial charge in [0.05, 0.1) is 18.7 Å². The number of nitrogens with zero attached hydrogens (tertiary/aromatic N) is 5. The van der Waals surface area contributed by atoms with Crippen LogP contribution in [-0.2, 0) is 14.3 Å². The van der Waals surface area contributed by atoms with E-state index in [-0.39, 0.29) is 24.6 Å². The minimum atomic E-state index is -0.727. The number of hydrogen-bond donors (Lipinski definition) is 0. The fraction of sp³-hybridized carbons (Fsp3) is 0.273. The van der Waals surface area contributed by atoms with E-state index in [0.717, 1.165) is 11.3 Å². The Balaban J connectivity index is 1.27. The Morgan fingerprint density at radius 3 is 2.71 bits per heavy atom. The van der Waals surface area contributed by atoms with Crippen LogP contribution in [0, 0.1) is 0 Å². The molecule has 3 aromatic rings. The van der Waals surface area contributed by atoms with Crippen molar-refractivity contribution in [2.24, 2.45) is 5.10 Å². The Hall–Kier alpha value is -3.88. The van der Waals surface area contributed by atoms with Crippen LogP contribution in [0.5, 0.6) is 0 Å². The molecule has 0 radical (unpaired) electrons. The van der Waals surface area contributed by atoms with Gasteiger partial charge in [0, 0.05) is 30.8 Å². The first-order chi connectivity index (χ1) is 15.1. The molecule has 0 saturated carbocycles. The Morgan fingerprint density at radius 2 is 1.94 bits per heavy atom. The van der Waals surface area contributed by atoms with Crippen LogP contribution in [0.1, 0.15) is 43.7 Å². The van der Waals surface area contributed by atoms with Crippen LogP contribution in [0.25, 0.3) is 11.4 Å². The maximum absolute atomic E-state index is 12.4. The first kappa shape index (κ1) is 20.4. The zero-order chi connectivity index (χ0) is 21.6. The van der Waals surface area contributed by atoms with Crippen molar-refractivity contribution in [3.8, 4) is 11.4 Å². The molecule has 0 spiro atoms. The highest BCUT2D eigenvalue weighted by Gasteiger charge is 2.24. The summed E-state index contributed by atoms with van der Waals surface area (Å²) in [5.41, 5.74) is 2.56. The van der Waals surface area contributed by atoms with E-state index in [2.05, 4.69) is 20.2 Å². The number of amides is 1. The highest BCUT2D eigenvalue weighted by atomic mass is 16.6. The number of aromatic nitrogens is 3. The van der Waals surface area contributed by atoms with Crippen molar-refractivity contribution < 1.29 is 18.8 Å². The molecule has 0 N–H and O–H groups in total. The lowest BCUT2D eigenvalue weighted by atomic mass is 10.1. The summed E-state index contributed by atoms with van der Waals surface area (Å²) in [4.78, 5) is 32.8. The average Bonchev–Trinajstić information content (AvgIpc) is 3.49.